The van der Waals surface area contributed by atoms with E-state index in [9.17, 15) is 4.79 Å². The van der Waals surface area contributed by atoms with Crippen molar-refractivity contribution in [2.24, 2.45) is 0 Å². The monoisotopic (exact) mass is 348 g/mol. The Hall–Kier alpha value is -2.99. The molecule has 0 fully saturated rings. The first-order valence-corrected chi connectivity index (χ1v) is 8.62. The standard InChI is InChI=1S/C20H20N4O2/c1-26-14-15-7-9-16(10-8-15)20(25)23-12-11-19-18(13-23)21-22-24(19)17-5-3-2-4-6-17/h2-10H,11-14H2,1H3. The third-order valence-corrected chi connectivity index (χ3v) is 4.60. The average Bonchev–Trinajstić information content (AvgIpc) is 3.12. The van der Waals surface area contributed by atoms with Gasteiger partial charge in [0.2, 0.25) is 0 Å². The summed E-state index contributed by atoms with van der Waals surface area (Å²) >= 11 is 0. The van der Waals surface area contributed by atoms with Crippen LogP contribution < -0.4 is 0 Å². The number of ether oxygens (including phenoxy) is 1. The summed E-state index contributed by atoms with van der Waals surface area (Å²) in [5.74, 6) is 0.0221. The summed E-state index contributed by atoms with van der Waals surface area (Å²) in [4.78, 5) is 14.6. The van der Waals surface area contributed by atoms with Gasteiger partial charge in [0, 0.05) is 25.6 Å². The number of aromatic nitrogens is 3. The van der Waals surface area contributed by atoms with Crippen molar-refractivity contribution in [1.29, 1.82) is 0 Å². The zero-order valence-corrected chi connectivity index (χ0v) is 14.6. The van der Waals surface area contributed by atoms with Gasteiger partial charge in [-0.15, -0.1) is 5.10 Å². The van der Waals surface area contributed by atoms with E-state index in [-0.39, 0.29) is 5.91 Å². The Kier molecular flexibility index (Phi) is 4.50. The minimum absolute atomic E-state index is 0.0221. The summed E-state index contributed by atoms with van der Waals surface area (Å²) in [6.07, 6.45) is 0.741. The van der Waals surface area contributed by atoms with E-state index in [1.807, 2.05) is 64.2 Å². The van der Waals surface area contributed by atoms with Crippen molar-refractivity contribution >= 4 is 5.91 Å². The number of hydrogen-bond donors (Lipinski definition) is 0. The number of fused-ring (bicyclic) bond motifs is 1. The molecule has 0 radical (unpaired) electrons. The Morgan fingerprint density at radius 1 is 1.12 bits per heavy atom. The molecule has 4 rings (SSSR count). The number of carbonyl (C=O) groups excluding carboxylic acids is 1. The molecule has 1 aromatic heterocycles. The van der Waals surface area contributed by atoms with Gasteiger partial charge in [0.25, 0.3) is 5.91 Å². The van der Waals surface area contributed by atoms with Gasteiger partial charge in [0.05, 0.1) is 24.5 Å². The van der Waals surface area contributed by atoms with Crippen LogP contribution in [0.3, 0.4) is 0 Å². The maximum absolute atomic E-state index is 12.8. The van der Waals surface area contributed by atoms with Gasteiger partial charge in [-0.25, -0.2) is 4.68 Å². The van der Waals surface area contributed by atoms with Crippen molar-refractivity contribution in [1.82, 2.24) is 19.9 Å². The topological polar surface area (TPSA) is 60.2 Å². The molecular weight excluding hydrogens is 328 g/mol. The molecule has 0 spiro atoms. The Labute approximate surface area is 152 Å². The van der Waals surface area contributed by atoms with Crippen LogP contribution in [0.1, 0.15) is 27.3 Å². The molecular formula is C20H20N4O2. The van der Waals surface area contributed by atoms with Crippen molar-refractivity contribution in [3.05, 3.63) is 77.1 Å². The van der Waals surface area contributed by atoms with Crippen LogP contribution in [0, 0.1) is 0 Å². The number of benzene rings is 2. The Balaban J connectivity index is 1.52. The van der Waals surface area contributed by atoms with E-state index < -0.39 is 0 Å². The van der Waals surface area contributed by atoms with E-state index in [4.69, 9.17) is 4.74 Å². The van der Waals surface area contributed by atoms with Gasteiger partial charge in [0.15, 0.2) is 0 Å². The second-order valence-corrected chi connectivity index (χ2v) is 6.34. The predicted molar refractivity (Wildman–Crippen MR) is 97.0 cm³/mol. The van der Waals surface area contributed by atoms with E-state index in [0.29, 0.717) is 25.3 Å². The molecule has 0 atom stereocenters. The van der Waals surface area contributed by atoms with Crippen molar-refractivity contribution in [2.75, 3.05) is 13.7 Å². The van der Waals surface area contributed by atoms with Gasteiger partial charge in [-0.05, 0) is 29.8 Å². The van der Waals surface area contributed by atoms with E-state index >= 15 is 0 Å². The highest BCUT2D eigenvalue weighted by molar-refractivity contribution is 5.94. The van der Waals surface area contributed by atoms with E-state index in [1.54, 1.807) is 7.11 Å². The molecule has 1 aliphatic rings. The fourth-order valence-corrected chi connectivity index (χ4v) is 3.25. The number of rotatable bonds is 4. The molecule has 0 aliphatic carbocycles. The Morgan fingerprint density at radius 3 is 2.62 bits per heavy atom. The first kappa shape index (κ1) is 16.5. The molecule has 0 saturated carbocycles. The summed E-state index contributed by atoms with van der Waals surface area (Å²) in [6, 6.07) is 17.5. The van der Waals surface area contributed by atoms with Crippen LogP contribution in [0.25, 0.3) is 5.69 Å². The van der Waals surface area contributed by atoms with Crippen molar-refractivity contribution in [3.8, 4) is 5.69 Å². The lowest BCUT2D eigenvalue weighted by Crippen LogP contribution is -2.36. The fourth-order valence-electron chi connectivity index (χ4n) is 3.25. The summed E-state index contributed by atoms with van der Waals surface area (Å²) in [5, 5.41) is 8.58. The van der Waals surface area contributed by atoms with Gasteiger partial charge < -0.3 is 9.64 Å². The van der Waals surface area contributed by atoms with Crippen LogP contribution in [-0.2, 0) is 24.3 Å². The second kappa shape index (κ2) is 7.09. The number of nitrogens with zero attached hydrogens (tertiary/aromatic N) is 4. The number of para-hydroxylation sites is 1. The van der Waals surface area contributed by atoms with Crippen LogP contribution >= 0.6 is 0 Å². The molecule has 26 heavy (non-hydrogen) atoms. The second-order valence-electron chi connectivity index (χ2n) is 6.34. The third-order valence-electron chi connectivity index (χ3n) is 4.60. The number of amides is 1. The zero-order valence-electron chi connectivity index (χ0n) is 14.6. The maximum Gasteiger partial charge on any atom is 0.254 e. The largest absolute Gasteiger partial charge is 0.380 e. The molecule has 3 aromatic rings. The van der Waals surface area contributed by atoms with E-state index in [2.05, 4.69) is 10.3 Å². The Bertz CT molecular complexity index is 903. The van der Waals surface area contributed by atoms with E-state index in [0.717, 1.165) is 29.1 Å². The lowest BCUT2D eigenvalue weighted by Gasteiger charge is -2.26. The van der Waals surface area contributed by atoms with Gasteiger partial charge in [0.1, 0.15) is 5.69 Å². The quantitative estimate of drug-likeness (QED) is 0.727. The minimum atomic E-state index is 0.0221. The van der Waals surface area contributed by atoms with Crippen molar-refractivity contribution in [3.63, 3.8) is 0 Å². The molecule has 0 bridgehead atoms. The van der Waals surface area contributed by atoms with Crippen LogP contribution in [0.15, 0.2) is 54.6 Å². The minimum Gasteiger partial charge on any atom is -0.380 e. The molecule has 1 aliphatic heterocycles. The molecule has 6 heteroatoms. The van der Waals surface area contributed by atoms with Crippen molar-refractivity contribution < 1.29 is 9.53 Å². The number of carbonyl (C=O) groups is 1. The van der Waals surface area contributed by atoms with Crippen LogP contribution in [0.5, 0.6) is 0 Å². The molecule has 2 heterocycles. The zero-order chi connectivity index (χ0) is 17.9. The maximum atomic E-state index is 12.8. The van der Waals surface area contributed by atoms with Gasteiger partial charge >= 0.3 is 0 Å². The van der Waals surface area contributed by atoms with Gasteiger partial charge in [-0.2, -0.15) is 0 Å². The molecule has 1 amide bonds. The highest BCUT2D eigenvalue weighted by atomic mass is 16.5. The molecule has 0 unspecified atom stereocenters. The number of hydrogen-bond acceptors (Lipinski definition) is 4. The Morgan fingerprint density at radius 2 is 1.88 bits per heavy atom. The lowest BCUT2D eigenvalue weighted by molar-refractivity contribution is 0.0731. The predicted octanol–water partition coefficient (Wildman–Crippen LogP) is 2.61. The van der Waals surface area contributed by atoms with Gasteiger partial charge in [-0.1, -0.05) is 35.5 Å². The first-order valence-electron chi connectivity index (χ1n) is 8.62. The molecule has 0 N–H and O–H groups in total. The summed E-state index contributed by atoms with van der Waals surface area (Å²) in [6.45, 7) is 1.69. The third kappa shape index (κ3) is 3.11. The molecule has 0 saturated heterocycles. The average molecular weight is 348 g/mol. The van der Waals surface area contributed by atoms with Crippen LogP contribution in [-0.4, -0.2) is 39.5 Å². The summed E-state index contributed by atoms with van der Waals surface area (Å²) in [7, 11) is 1.66. The number of methoxy groups -OCH3 is 1. The highest BCUT2D eigenvalue weighted by Crippen LogP contribution is 2.21. The smallest absolute Gasteiger partial charge is 0.254 e. The highest BCUT2D eigenvalue weighted by Gasteiger charge is 2.26. The fraction of sp³-hybridized carbons (Fsp3) is 0.250. The molecule has 2 aromatic carbocycles. The molecule has 6 nitrogen and oxygen atoms in total. The van der Waals surface area contributed by atoms with E-state index in [1.165, 1.54) is 0 Å². The molecule has 132 valence electrons. The normalized spacial score (nSPS) is 13.5. The van der Waals surface area contributed by atoms with Gasteiger partial charge in [-0.3, -0.25) is 4.79 Å². The van der Waals surface area contributed by atoms with Crippen LogP contribution in [0.4, 0.5) is 0 Å². The van der Waals surface area contributed by atoms with Crippen LogP contribution in [0.2, 0.25) is 0 Å². The van der Waals surface area contributed by atoms with Crippen molar-refractivity contribution in [2.45, 2.75) is 19.6 Å². The first-order chi connectivity index (χ1) is 12.8. The SMILES string of the molecule is COCc1ccc(C(=O)N2CCc3c(nnn3-c3ccccc3)C2)cc1. The lowest BCUT2D eigenvalue weighted by atomic mass is 10.1. The summed E-state index contributed by atoms with van der Waals surface area (Å²) in [5.41, 5.74) is 4.68. The summed E-state index contributed by atoms with van der Waals surface area (Å²) < 4.78 is 6.98.